The number of nitrogens with one attached hydrogen (secondary N) is 1. The Labute approximate surface area is 165 Å². The van der Waals surface area contributed by atoms with Crippen molar-refractivity contribution in [2.45, 2.75) is 56.5 Å². The largest absolute Gasteiger partial charge is 0.345 e. The first-order chi connectivity index (χ1) is 13.5. The lowest BCUT2D eigenvalue weighted by Crippen LogP contribution is -2.35. The fraction of sp³-hybridized carbons (Fsp3) is 0.526. The van der Waals surface area contributed by atoms with Crippen molar-refractivity contribution in [1.82, 2.24) is 24.4 Å². The van der Waals surface area contributed by atoms with Crippen LogP contribution in [-0.4, -0.2) is 46.5 Å². The lowest BCUT2D eigenvalue weighted by Gasteiger charge is -2.26. The van der Waals surface area contributed by atoms with Crippen LogP contribution in [0.2, 0.25) is 0 Å². The molecule has 0 bridgehead atoms. The Morgan fingerprint density at radius 3 is 2.68 bits per heavy atom. The number of sulfonamides is 1. The van der Waals surface area contributed by atoms with Crippen molar-refractivity contribution < 1.29 is 13.2 Å². The fourth-order valence-corrected chi connectivity index (χ4v) is 5.11. The molecule has 9 heteroatoms. The molecule has 2 heterocycles. The summed E-state index contributed by atoms with van der Waals surface area (Å²) in [5, 5.41) is 10.9. The zero-order valence-electron chi connectivity index (χ0n) is 16.0. The third kappa shape index (κ3) is 3.81. The van der Waals surface area contributed by atoms with E-state index < -0.39 is 10.0 Å². The second-order valence-electron chi connectivity index (χ2n) is 7.51. The van der Waals surface area contributed by atoms with E-state index in [0.717, 1.165) is 37.7 Å². The van der Waals surface area contributed by atoms with E-state index in [4.69, 9.17) is 0 Å². The van der Waals surface area contributed by atoms with Gasteiger partial charge in [-0.25, -0.2) is 8.42 Å². The van der Waals surface area contributed by atoms with Crippen molar-refractivity contribution in [3.05, 3.63) is 41.5 Å². The second-order valence-corrected chi connectivity index (χ2v) is 9.45. The van der Waals surface area contributed by atoms with E-state index in [0.29, 0.717) is 30.5 Å². The highest BCUT2D eigenvalue weighted by molar-refractivity contribution is 7.89. The molecule has 2 fully saturated rings. The summed E-state index contributed by atoms with van der Waals surface area (Å²) in [5.41, 5.74) is 1.11. The van der Waals surface area contributed by atoms with Crippen LogP contribution in [0, 0.1) is 6.92 Å². The fourth-order valence-electron chi connectivity index (χ4n) is 3.57. The van der Waals surface area contributed by atoms with Gasteiger partial charge >= 0.3 is 0 Å². The van der Waals surface area contributed by atoms with Gasteiger partial charge in [-0.2, -0.15) is 4.31 Å². The molecule has 0 atom stereocenters. The molecule has 1 aromatic heterocycles. The van der Waals surface area contributed by atoms with Crippen LogP contribution in [0.25, 0.3) is 0 Å². The Bertz CT molecular complexity index is 975. The van der Waals surface area contributed by atoms with Gasteiger partial charge in [-0.1, -0.05) is 12.5 Å². The van der Waals surface area contributed by atoms with E-state index in [9.17, 15) is 13.2 Å². The summed E-state index contributed by atoms with van der Waals surface area (Å²) in [4.78, 5) is 12.9. The van der Waals surface area contributed by atoms with Crippen LogP contribution in [0.5, 0.6) is 0 Å². The number of piperidine rings is 1. The van der Waals surface area contributed by atoms with Gasteiger partial charge in [-0.15, -0.1) is 10.2 Å². The highest BCUT2D eigenvalue weighted by Crippen LogP contribution is 2.35. The minimum absolute atomic E-state index is 0.172. The van der Waals surface area contributed by atoms with Crippen LogP contribution in [0.4, 0.5) is 0 Å². The molecule has 4 rings (SSSR count). The second kappa shape index (κ2) is 7.63. The average Bonchev–Trinajstić information content (AvgIpc) is 3.44. The van der Waals surface area contributed by atoms with Crippen molar-refractivity contribution in [2.75, 3.05) is 13.1 Å². The summed E-state index contributed by atoms with van der Waals surface area (Å²) in [7, 11) is -3.58. The normalized spacial score (nSPS) is 18.2. The molecule has 1 aliphatic heterocycles. The maximum absolute atomic E-state index is 12.9. The van der Waals surface area contributed by atoms with E-state index in [1.54, 1.807) is 25.4 Å². The molecule has 0 unspecified atom stereocenters. The lowest BCUT2D eigenvalue weighted by atomic mass is 10.1. The summed E-state index contributed by atoms with van der Waals surface area (Å²) >= 11 is 0. The van der Waals surface area contributed by atoms with E-state index in [1.165, 1.54) is 10.4 Å². The van der Waals surface area contributed by atoms with E-state index >= 15 is 0 Å². The lowest BCUT2D eigenvalue weighted by molar-refractivity contribution is 0.0948. The third-order valence-electron chi connectivity index (χ3n) is 5.40. The van der Waals surface area contributed by atoms with Gasteiger partial charge in [0.25, 0.3) is 5.91 Å². The molecule has 0 spiro atoms. The molecule has 1 amide bonds. The Hall–Kier alpha value is -2.26. The number of amides is 1. The van der Waals surface area contributed by atoms with Crippen molar-refractivity contribution >= 4 is 15.9 Å². The highest BCUT2D eigenvalue weighted by atomic mass is 32.2. The average molecular weight is 404 g/mol. The summed E-state index contributed by atoms with van der Waals surface area (Å²) in [6, 6.07) is 5.19. The molecule has 1 aromatic carbocycles. The van der Waals surface area contributed by atoms with Gasteiger partial charge in [0.1, 0.15) is 6.33 Å². The zero-order chi connectivity index (χ0) is 19.7. The molecule has 8 nitrogen and oxygen atoms in total. The molecule has 2 aliphatic rings. The molecule has 1 N–H and O–H groups in total. The molecular formula is C19H25N5O3S. The number of rotatable bonds is 6. The molecule has 1 saturated heterocycles. The number of benzene rings is 1. The number of aryl methyl sites for hydroxylation is 1. The van der Waals surface area contributed by atoms with Crippen LogP contribution in [0.15, 0.2) is 29.4 Å². The Morgan fingerprint density at radius 1 is 1.21 bits per heavy atom. The molecule has 1 aliphatic carbocycles. The van der Waals surface area contributed by atoms with Crippen molar-refractivity contribution in [3.8, 4) is 0 Å². The molecule has 150 valence electrons. The van der Waals surface area contributed by atoms with Gasteiger partial charge in [0.15, 0.2) is 5.82 Å². The maximum Gasteiger partial charge on any atom is 0.251 e. The predicted octanol–water partition coefficient (Wildman–Crippen LogP) is 2.03. The van der Waals surface area contributed by atoms with Gasteiger partial charge < -0.3 is 9.88 Å². The summed E-state index contributed by atoms with van der Waals surface area (Å²) in [6.45, 7) is 3.14. The first-order valence-electron chi connectivity index (χ1n) is 9.74. The monoisotopic (exact) mass is 403 g/mol. The molecule has 0 radical (unpaired) electrons. The summed E-state index contributed by atoms with van der Waals surface area (Å²) in [6.07, 6.45) is 6.71. The van der Waals surface area contributed by atoms with E-state index in [2.05, 4.69) is 15.5 Å². The van der Waals surface area contributed by atoms with Gasteiger partial charge in [-0.3, -0.25) is 4.79 Å². The van der Waals surface area contributed by atoms with E-state index in [-0.39, 0.29) is 17.3 Å². The van der Waals surface area contributed by atoms with Crippen LogP contribution in [-0.2, 0) is 16.6 Å². The Morgan fingerprint density at radius 2 is 1.96 bits per heavy atom. The minimum Gasteiger partial charge on any atom is -0.345 e. The minimum atomic E-state index is -3.58. The molecular weight excluding hydrogens is 378 g/mol. The molecule has 28 heavy (non-hydrogen) atoms. The van der Waals surface area contributed by atoms with Gasteiger partial charge in [-0.05, 0) is 50.3 Å². The summed E-state index contributed by atoms with van der Waals surface area (Å²) in [5.74, 6) is 0.407. The van der Waals surface area contributed by atoms with Gasteiger partial charge in [0.2, 0.25) is 10.0 Å². The first-order valence-corrected chi connectivity index (χ1v) is 11.2. The summed E-state index contributed by atoms with van der Waals surface area (Å²) < 4.78 is 29.3. The van der Waals surface area contributed by atoms with Crippen LogP contribution >= 0.6 is 0 Å². The smallest absolute Gasteiger partial charge is 0.251 e. The number of carbonyl (C=O) groups is 1. The van der Waals surface area contributed by atoms with Crippen molar-refractivity contribution in [2.24, 2.45) is 0 Å². The first kappa shape index (κ1) is 19.1. The molecule has 1 saturated carbocycles. The number of aromatic nitrogens is 3. The van der Waals surface area contributed by atoms with Gasteiger partial charge in [0, 0.05) is 24.7 Å². The quantitative estimate of drug-likeness (QED) is 0.796. The topological polar surface area (TPSA) is 97.2 Å². The number of hydrogen-bond acceptors (Lipinski definition) is 5. The van der Waals surface area contributed by atoms with Crippen molar-refractivity contribution in [1.29, 1.82) is 0 Å². The number of nitrogens with zero attached hydrogens (tertiary/aromatic N) is 4. The number of hydrogen-bond donors (Lipinski definition) is 1. The van der Waals surface area contributed by atoms with Crippen LogP contribution in [0.1, 0.15) is 59.9 Å². The standard InChI is InChI=1S/C19H25N5O3S/c1-14-5-8-16(28(26,27)23-9-3-2-4-10-23)11-17(14)19(25)20-12-18-22-21-13-24(18)15-6-7-15/h5,8,11,13,15H,2-4,6-7,9-10,12H2,1H3,(H,20,25). The predicted molar refractivity (Wildman–Crippen MR) is 103 cm³/mol. The van der Waals surface area contributed by atoms with Crippen LogP contribution < -0.4 is 5.32 Å². The molecule has 2 aromatic rings. The Balaban J connectivity index is 1.51. The SMILES string of the molecule is Cc1ccc(S(=O)(=O)N2CCCCC2)cc1C(=O)NCc1nncn1C1CC1. The highest BCUT2D eigenvalue weighted by Gasteiger charge is 2.28. The number of carbonyl (C=O) groups excluding carboxylic acids is 1. The van der Waals surface area contributed by atoms with Crippen LogP contribution in [0.3, 0.4) is 0 Å². The van der Waals surface area contributed by atoms with Crippen molar-refractivity contribution in [3.63, 3.8) is 0 Å². The zero-order valence-corrected chi connectivity index (χ0v) is 16.8. The Kier molecular flexibility index (Phi) is 5.20. The van der Waals surface area contributed by atoms with E-state index in [1.807, 2.05) is 4.57 Å². The third-order valence-corrected chi connectivity index (χ3v) is 7.30. The maximum atomic E-state index is 12.9. The van der Waals surface area contributed by atoms with Gasteiger partial charge in [0.05, 0.1) is 11.4 Å².